The lowest BCUT2D eigenvalue weighted by Crippen LogP contribution is -2.41. The van der Waals surface area contributed by atoms with Crippen LogP contribution in [0, 0.1) is 6.92 Å². The minimum absolute atomic E-state index is 0.273. The number of nitrogen functional groups attached to an aromatic ring is 1. The lowest BCUT2D eigenvalue weighted by atomic mass is 10.0. The first-order valence-electron chi connectivity index (χ1n) is 6.23. The minimum atomic E-state index is -0.752. The number of aliphatic hydroxyl groups is 1. The number of carbonyl (C=O) groups excluding carboxylic acids is 1. The van der Waals surface area contributed by atoms with Crippen LogP contribution in [-0.2, 0) is 7.05 Å². The van der Waals surface area contributed by atoms with E-state index in [0.29, 0.717) is 17.1 Å². The normalized spacial score (nSPS) is 17.9. The van der Waals surface area contributed by atoms with Gasteiger partial charge in [-0.1, -0.05) is 12.8 Å². The van der Waals surface area contributed by atoms with Gasteiger partial charge in [-0.2, -0.15) is 5.10 Å². The molecule has 1 aromatic heterocycles. The fraction of sp³-hybridized carbons (Fsp3) is 0.667. The summed E-state index contributed by atoms with van der Waals surface area (Å²) < 4.78 is 1.47. The molecule has 6 heteroatoms. The van der Waals surface area contributed by atoms with E-state index in [9.17, 15) is 9.90 Å². The lowest BCUT2D eigenvalue weighted by molar-refractivity contribution is 0.0448. The molecule has 0 spiro atoms. The van der Waals surface area contributed by atoms with Crippen molar-refractivity contribution in [3.05, 3.63) is 11.4 Å². The van der Waals surface area contributed by atoms with Crippen molar-refractivity contribution < 1.29 is 9.90 Å². The Labute approximate surface area is 106 Å². The first-order valence-corrected chi connectivity index (χ1v) is 6.23. The van der Waals surface area contributed by atoms with Gasteiger partial charge in [0.15, 0.2) is 0 Å². The van der Waals surface area contributed by atoms with Crippen LogP contribution in [0.4, 0.5) is 5.69 Å². The van der Waals surface area contributed by atoms with Gasteiger partial charge in [-0.25, -0.2) is 0 Å². The van der Waals surface area contributed by atoms with Crippen LogP contribution < -0.4 is 11.1 Å². The Bertz CT molecular complexity index is 461. The minimum Gasteiger partial charge on any atom is -0.395 e. The van der Waals surface area contributed by atoms with E-state index in [-0.39, 0.29) is 12.5 Å². The molecule has 6 nitrogen and oxygen atoms in total. The van der Waals surface area contributed by atoms with Crippen LogP contribution in [0.3, 0.4) is 0 Å². The van der Waals surface area contributed by atoms with Gasteiger partial charge in [0.1, 0.15) is 5.69 Å². The van der Waals surface area contributed by atoms with E-state index in [1.165, 1.54) is 4.68 Å². The maximum atomic E-state index is 12.0. The van der Waals surface area contributed by atoms with Crippen molar-refractivity contribution in [2.45, 2.75) is 38.2 Å². The quantitative estimate of drug-likeness (QED) is 0.723. The highest BCUT2D eigenvalue weighted by molar-refractivity contribution is 5.97. The molecule has 0 aliphatic heterocycles. The highest BCUT2D eigenvalue weighted by atomic mass is 16.3. The Morgan fingerprint density at radius 3 is 2.67 bits per heavy atom. The molecule has 0 radical (unpaired) electrons. The molecule has 0 saturated heterocycles. The van der Waals surface area contributed by atoms with E-state index < -0.39 is 5.60 Å². The molecule has 4 N–H and O–H groups in total. The second-order valence-corrected chi connectivity index (χ2v) is 5.09. The molecule has 100 valence electrons. The van der Waals surface area contributed by atoms with E-state index >= 15 is 0 Å². The molecule has 0 atom stereocenters. The number of nitrogens with zero attached hydrogens (tertiary/aromatic N) is 2. The van der Waals surface area contributed by atoms with Crippen molar-refractivity contribution in [2.24, 2.45) is 7.05 Å². The Balaban J connectivity index is 2.04. The lowest BCUT2D eigenvalue weighted by Gasteiger charge is -2.22. The van der Waals surface area contributed by atoms with Gasteiger partial charge >= 0.3 is 0 Å². The summed E-state index contributed by atoms with van der Waals surface area (Å²) in [5.74, 6) is -0.282. The second-order valence-electron chi connectivity index (χ2n) is 5.09. The highest BCUT2D eigenvalue weighted by Gasteiger charge is 2.32. The number of rotatable bonds is 3. The SMILES string of the molecule is Cc1nn(C)c(C(=O)NCC2(O)CCCC2)c1N. The molecule has 0 unspecified atom stereocenters. The van der Waals surface area contributed by atoms with Crippen molar-refractivity contribution in [3.8, 4) is 0 Å². The van der Waals surface area contributed by atoms with Crippen LogP contribution in [0.25, 0.3) is 0 Å². The van der Waals surface area contributed by atoms with Gasteiger partial charge in [0.2, 0.25) is 0 Å². The number of amides is 1. The van der Waals surface area contributed by atoms with Crippen molar-refractivity contribution >= 4 is 11.6 Å². The van der Waals surface area contributed by atoms with Gasteiger partial charge in [0.25, 0.3) is 5.91 Å². The third-order valence-corrected chi connectivity index (χ3v) is 3.60. The molecule has 0 bridgehead atoms. The van der Waals surface area contributed by atoms with E-state index in [4.69, 9.17) is 5.73 Å². The zero-order chi connectivity index (χ0) is 13.3. The largest absolute Gasteiger partial charge is 0.395 e. The predicted molar refractivity (Wildman–Crippen MR) is 68.1 cm³/mol. The van der Waals surface area contributed by atoms with Gasteiger partial charge in [-0.15, -0.1) is 0 Å². The summed E-state index contributed by atoms with van der Waals surface area (Å²) in [5, 5.41) is 17.0. The average Bonchev–Trinajstić information content (AvgIpc) is 2.83. The third kappa shape index (κ3) is 2.33. The number of hydrogen-bond donors (Lipinski definition) is 3. The number of anilines is 1. The van der Waals surface area contributed by atoms with Crippen LogP contribution in [0.2, 0.25) is 0 Å². The molecule has 1 aliphatic rings. The first-order chi connectivity index (χ1) is 8.43. The molecular weight excluding hydrogens is 232 g/mol. The zero-order valence-electron chi connectivity index (χ0n) is 10.9. The molecule has 1 heterocycles. The molecule has 18 heavy (non-hydrogen) atoms. The third-order valence-electron chi connectivity index (χ3n) is 3.60. The topological polar surface area (TPSA) is 93.2 Å². The van der Waals surface area contributed by atoms with Gasteiger partial charge in [-0.3, -0.25) is 9.48 Å². The average molecular weight is 252 g/mol. The summed E-state index contributed by atoms with van der Waals surface area (Å²) in [6, 6.07) is 0. The van der Waals surface area contributed by atoms with Crippen LogP contribution in [-0.4, -0.2) is 32.9 Å². The van der Waals surface area contributed by atoms with Gasteiger partial charge in [-0.05, 0) is 19.8 Å². The number of hydrogen-bond acceptors (Lipinski definition) is 4. The Hall–Kier alpha value is -1.56. The van der Waals surface area contributed by atoms with Crippen molar-refractivity contribution in [3.63, 3.8) is 0 Å². The monoisotopic (exact) mass is 252 g/mol. The number of nitrogens with two attached hydrogens (primary N) is 1. The number of nitrogens with one attached hydrogen (secondary N) is 1. The molecule has 2 rings (SSSR count). The Kier molecular flexibility index (Phi) is 3.30. The van der Waals surface area contributed by atoms with Crippen LogP contribution >= 0.6 is 0 Å². The molecule has 1 aliphatic carbocycles. The molecule has 1 fully saturated rings. The predicted octanol–water partition coefficient (Wildman–Crippen LogP) is 0.346. The van der Waals surface area contributed by atoms with Gasteiger partial charge < -0.3 is 16.2 Å². The highest BCUT2D eigenvalue weighted by Crippen LogP contribution is 2.28. The fourth-order valence-electron chi connectivity index (χ4n) is 2.48. The summed E-state index contributed by atoms with van der Waals surface area (Å²) in [6.07, 6.45) is 3.51. The molecular formula is C12H20N4O2. The summed E-state index contributed by atoms with van der Waals surface area (Å²) in [5.41, 5.74) is 6.46. The first kappa shape index (κ1) is 12.9. The summed E-state index contributed by atoms with van der Waals surface area (Å²) >= 11 is 0. The smallest absolute Gasteiger partial charge is 0.271 e. The fourth-order valence-corrected chi connectivity index (χ4v) is 2.48. The van der Waals surface area contributed by atoms with Crippen molar-refractivity contribution in [2.75, 3.05) is 12.3 Å². The Morgan fingerprint density at radius 2 is 2.17 bits per heavy atom. The van der Waals surface area contributed by atoms with Gasteiger partial charge in [0, 0.05) is 13.6 Å². The van der Waals surface area contributed by atoms with E-state index in [0.717, 1.165) is 25.7 Å². The number of aryl methyl sites for hydroxylation is 2. The van der Waals surface area contributed by atoms with Crippen LogP contribution in [0.5, 0.6) is 0 Å². The van der Waals surface area contributed by atoms with E-state index in [1.807, 2.05) is 0 Å². The molecule has 0 aromatic carbocycles. The second kappa shape index (κ2) is 4.61. The van der Waals surface area contributed by atoms with E-state index in [1.54, 1.807) is 14.0 Å². The van der Waals surface area contributed by atoms with Crippen molar-refractivity contribution in [1.29, 1.82) is 0 Å². The molecule has 1 amide bonds. The number of aromatic nitrogens is 2. The molecule has 1 aromatic rings. The maximum Gasteiger partial charge on any atom is 0.271 e. The zero-order valence-corrected chi connectivity index (χ0v) is 10.9. The van der Waals surface area contributed by atoms with E-state index in [2.05, 4.69) is 10.4 Å². The standard InChI is InChI=1S/C12H20N4O2/c1-8-9(13)10(16(2)15-8)11(17)14-7-12(18)5-3-4-6-12/h18H,3-7,13H2,1-2H3,(H,14,17). The summed E-state index contributed by atoms with van der Waals surface area (Å²) in [4.78, 5) is 12.0. The van der Waals surface area contributed by atoms with Gasteiger partial charge in [0.05, 0.1) is 17.0 Å². The maximum absolute atomic E-state index is 12.0. The van der Waals surface area contributed by atoms with Crippen LogP contribution in [0.1, 0.15) is 41.9 Å². The Morgan fingerprint density at radius 1 is 1.56 bits per heavy atom. The van der Waals surface area contributed by atoms with Crippen LogP contribution in [0.15, 0.2) is 0 Å². The number of carbonyl (C=O) groups is 1. The van der Waals surface area contributed by atoms with Crippen molar-refractivity contribution in [1.82, 2.24) is 15.1 Å². The summed E-state index contributed by atoms with van der Waals surface area (Å²) in [7, 11) is 1.68. The summed E-state index contributed by atoms with van der Waals surface area (Å²) in [6.45, 7) is 2.03. The molecule has 1 saturated carbocycles.